The molecule has 6 nitrogen and oxygen atoms in total. The number of nitrogens with zero attached hydrogens (tertiary/aromatic N) is 1. The van der Waals surface area contributed by atoms with E-state index in [4.69, 9.17) is 25.9 Å². The van der Waals surface area contributed by atoms with Crippen LogP contribution in [0.3, 0.4) is 0 Å². The van der Waals surface area contributed by atoms with Gasteiger partial charge in [0.1, 0.15) is 22.8 Å². The monoisotopic (exact) mass is 365 g/mol. The van der Waals surface area contributed by atoms with Crippen molar-refractivity contribution >= 4 is 23.5 Å². The smallest absolute Gasteiger partial charge is 0.339 e. The molecule has 1 amide bonds. The Morgan fingerprint density at radius 3 is 2.68 bits per heavy atom. The lowest BCUT2D eigenvalue weighted by molar-refractivity contribution is -0.129. The molecular weight excluding hydrogens is 346 g/mol. The second kappa shape index (κ2) is 8.07. The normalized spacial score (nSPS) is 10.6. The highest BCUT2D eigenvalue weighted by atomic mass is 35.5. The summed E-state index contributed by atoms with van der Waals surface area (Å²) in [5.41, 5.74) is 0.803. The van der Waals surface area contributed by atoms with Crippen LogP contribution in [0.5, 0.6) is 5.75 Å². The number of likely N-dealkylation sites (N-methyl/N-ethyl adjacent to an activating group) is 1. The number of hydrogen-bond donors (Lipinski definition) is 1. The van der Waals surface area contributed by atoms with Gasteiger partial charge in [0.15, 0.2) is 0 Å². The number of aromatic carboxylic acids is 1. The highest BCUT2D eigenvalue weighted by Crippen LogP contribution is 2.29. The molecular formula is C18H20ClNO5. The van der Waals surface area contributed by atoms with Gasteiger partial charge in [-0.25, -0.2) is 4.79 Å². The third-order valence-electron chi connectivity index (χ3n) is 3.70. The number of carboxylic acids is 1. The topological polar surface area (TPSA) is 80.0 Å². The van der Waals surface area contributed by atoms with Crippen LogP contribution in [0.25, 0.3) is 0 Å². The first-order valence-electron chi connectivity index (χ1n) is 7.80. The lowest BCUT2D eigenvalue weighted by atomic mass is 10.1. The van der Waals surface area contributed by atoms with Crippen LogP contribution in [0.2, 0.25) is 5.02 Å². The summed E-state index contributed by atoms with van der Waals surface area (Å²) in [6, 6.07) is 6.71. The predicted octanol–water partition coefficient (Wildman–Crippen LogP) is 3.54. The minimum Gasteiger partial charge on any atom is -0.492 e. The molecule has 0 aliphatic heterocycles. The highest BCUT2D eigenvalue weighted by Gasteiger charge is 2.19. The zero-order valence-electron chi connectivity index (χ0n) is 14.3. The Bertz CT molecular complexity index is 784. The first kappa shape index (κ1) is 18.9. The summed E-state index contributed by atoms with van der Waals surface area (Å²) in [5, 5.41) is 9.52. The van der Waals surface area contributed by atoms with Crippen molar-refractivity contribution in [1.29, 1.82) is 0 Å². The standard InChI is InChI=1S/C18H20ClNO5/c1-4-24-17-12(6-5-7-15(17)19)8-16(21)20(3)10-13-9-14(18(22)23)11(2)25-13/h5-7,9H,4,8,10H2,1-3H3,(H,22,23). The summed E-state index contributed by atoms with van der Waals surface area (Å²) >= 11 is 6.13. The van der Waals surface area contributed by atoms with Crippen molar-refractivity contribution in [3.8, 4) is 5.75 Å². The minimum absolute atomic E-state index is 0.101. The molecule has 0 radical (unpaired) electrons. The molecule has 7 heteroatoms. The number of rotatable bonds is 7. The number of hydrogen-bond acceptors (Lipinski definition) is 4. The van der Waals surface area contributed by atoms with Gasteiger partial charge < -0.3 is 19.2 Å². The minimum atomic E-state index is -1.05. The largest absolute Gasteiger partial charge is 0.492 e. The van der Waals surface area contributed by atoms with Crippen LogP contribution in [0.15, 0.2) is 28.7 Å². The van der Waals surface area contributed by atoms with Crippen molar-refractivity contribution < 1.29 is 23.8 Å². The van der Waals surface area contributed by atoms with Gasteiger partial charge in [-0.3, -0.25) is 4.79 Å². The first-order chi connectivity index (χ1) is 11.8. The predicted molar refractivity (Wildman–Crippen MR) is 93.2 cm³/mol. The average Bonchev–Trinajstić information content (AvgIpc) is 2.91. The quantitative estimate of drug-likeness (QED) is 0.811. The number of benzene rings is 1. The van der Waals surface area contributed by atoms with E-state index in [0.717, 1.165) is 0 Å². The fraction of sp³-hybridized carbons (Fsp3) is 0.333. The van der Waals surface area contributed by atoms with Gasteiger partial charge in [0.2, 0.25) is 5.91 Å². The number of carbonyl (C=O) groups excluding carboxylic acids is 1. The molecule has 0 saturated heterocycles. The van der Waals surface area contributed by atoms with E-state index < -0.39 is 5.97 Å². The summed E-state index contributed by atoms with van der Waals surface area (Å²) in [7, 11) is 1.63. The van der Waals surface area contributed by atoms with Crippen molar-refractivity contribution in [3.05, 3.63) is 51.9 Å². The van der Waals surface area contributed by atoms with Crippen molar-refractivity contribution in [1.82, 2.24) is 4.90 Å². The third-order valence-corrected chi connectivity index (χ3v) is 3.99. The number of para-hydroxylation sites is 1. The van der Waals surface area contributed by atoms with Crippen LogP contribution in [-0.2, 0) is 17.8 Å². The van der Waals surface area contributed by atoms with Gasteiger partial charge in [0.25, 0.3) is 0 Å². The average molecular weight is 366 g/mol. The van der Waals surface area contributed by atoms with E-state index in [2.05, 4.69) is 0 Å². The summed E-state index contributed by atoms with van der Waals surface area (Å²) in [6.07, 6.45) is 0.123. The molecule has 0 aliphatic carbocycles. The lowest BCUT2D eigenvalue weighted by Gasteiger charge is -2.17. The molecule has 0 bridgehead atoms. The second-order valence-electron chi connectivity index (χ2n) is 5.58. The van der Waals surface area contributed by atoms with Gasteiger partial charge in [-0.05, 0) is 26.0 Å². The molecule has 134 valence electrons. The molecule has 0 fully saturated rings. The Balaban J connectivity index is 2.10. The molecule has 0 atom stereocenters. The van der Waals surface area contributed by atoms with Crippen LogP contribution in [0, 0.1) is 6.92 Å². The van der Waals surface area contributed by atoms with Crippen LogP contribution >= 0.6 is 11.6 Å². The maximum atomic E-state index is 12.5. The number of amides is 1. The molecule has 2 aromatic rings. The Morgan fingerprint density at radius 2 is 2.08 bits per heavy atom. The van der Waals surface area contributed by atoms with E-state index in [1.54, 1.807) is 32.2 Å². The van der Waals surface area contributed by atoms with Gasteiger partial charge >= 0.3 is 5.97 Å². The molecule has 2 rings (SSSR count). The Kier molecular flexibility index (Phi) is 6.09. The SMILES string of the molecule is CCOc1c(Cl)cccc1CC(=O)N(C)Cc1cc(C(=O)O)c(C)o1. The van der Waals surface area contributed by atoms with Crippen molar-refractivity contribution in [2.75, 3.05) is 13.7 Å². The van der Waals surface area contributed by atoms with Gasteiger partial charge in [-0.1, -0.05) is 23.7 Å². The van der Waals surface area contributed by atoms with E-state index in [1.807, 2.05) is 6.92 Å². The van der Waals surface area contributed by atoms with Crippen LogP contribution in [0.1, 0.15) is 34.4 Å². The van der Waals surface area contributed by atoms with Gasteiger partial charge in [0, 0.05) is 12.6 Å². The van der Waals surface area contributed by atoms with Crippen LogP contribution in [0.4, 0.5) is 0 Å². The van der Waals surface area contributed by atoms with E-state index in [0.29, 0.717) is 34.5 Å². The van der Waals surface area contributed by atoms with E-state index in [-0.39, 0.29) is 24.4 Å². The van der Waals surface area contributed by atoms with Crippen molar-refractivity contribution in [2.45, 2.75) is 26.8 Å². The number of carbonyl (C=O) groups is 2. The first-order valence-corrected chi connectivity index (χ1v) is 8.18. The maximum absolute atomic E-state index is 12.5. The summed E-state index contributed by atoms with van der Waals surface area (Å²) in [4.78, 5) is 25.0. The molecule has 0 saturated carbocycles. The summed E-state index contributed by atoms with van der Waals surface area (Å²) in [6.45, 7) is 4.05. The summed E-state index contributed by atoms with van der Waals surface area (Å²) in [5.74, 6) is 0.0324. The van der Waals surface area contributed by atoms with Gasteiger partial charge in [-0.2, -0.15) is 0 Å². The van der Waals surface area contributed by atoms with Gasteiger partial charge in [-0.15, -0.1) is 0 Å². The van der Waals surface area contributed by atoms with Crippen molar-refractivity contribution in [3.63, 3.8) is 0 Å². The van der Waals surface area contributed by atoms with Crippen LogP contribution < -0.4 is 4.74 Å². The lowest BCUT2D eigenvalue weighted by Crippen LogP contribution is -2.27. The maximum Gasteiger partial charge on any atom is 0.339 e. The molecule has 1 aromatic carbocycles. The summed E-state index contributed by atoms with van der Waals surface area (Å²) < 4.78 is 10.9. The molecule has 0 aliphatic rings. The second-order valence-corrected chi connectivity index (χ2v) is 5.98. The molecule has 1 aromatic heterocycles. The van der Waals surface area contributed by atoms with Gasteiger partial charge in [0.05, 0.1) is 24.6 Å². The number of halogens is 1. The van der Waals surface area contributed by atoms with E-state index >= 15 is 0 Å². The van der Waals surface area contributed by atoms with E-state index in [9.17, 15) is 9.59 Å². The zero-order valence-corrected chi connectivity index (χ0v) is 15.1. The zero-order chi connectivity index (χ0) is 18.6. The third kappa shape index (κ3) is 4.54. The molecule has 0 spiro atoms. The van der Waals surface area contributed by atoms with E-state index in [1.165, 1.54) is 11.0 Å². The molecule has 1 N–H and O–H groups in total. The molecule has 1 heterocycles. The fourth-order valence-corrected chi connectivity index (χ4v) is 2.70. The van der Waals surface area contributed by atoms with Crippen LogP contribution in [-0.4, -0.2) is 35.5 Å². The molecule has 0 unspecified atom stereocenters. The Morgan fingerprint density at radius 1 is 1.36 bits per heavy atom. The highest BCUT2D eigenvalue weighted by molar-refractivity contribution is 6.32. The fourth-order valence-electron chi connectivity index (χ4n) is 2.45. The number of furan rings is 1. The Hall–Kier alpha value is -2.47. The Labute approximate surface area is 150 Å². The number of aryl methyl sites for hydroxylation is 1. The number of ether oxygens (including phenoxy) is 1. The molecule has 25 heavy (non-hydrogen) atoms. The number of carboxylic acid groups (broad SMARTS) is 1. The van der Waals surface area contributed by atoms with Crippen molar-refractivity contribution in [2.24, 2.45) is 0 Å².